The molecule has 0 aliphatic rings. The minimum Gasteiger partial charge on any atom is -0.504 e. The summed E-state index contributed by atoms with van der Waals surface area (Å²) in [5, 5.41) is 17.5. The van der Waals surface area contributed by atoms with E-state index in [1.54, 1.807) is 42.5 Å². The number of phenols is 1. The van der Waals surface area contributed by atoms with E-state index >= 15 is 0 Å². The van der Waals surface area contributed by atoms with Crippen LogP contribution in [0.25, 0.3) is 0 Å². The number of phenolic OH excluding ortho intramolecular Hbond substituents is 1. The third-order valence-corrected chi connectivity index (χ3v) is 4.82. The number of benzene rings is 2. The zero-order chi connectivity index (χ0) is 23.7. The van der Waals surface area contributed by atoms with Crippen LogP contribution in [0.3, 0.4) is 0 Å². The van der Waals surface area contributed by atoms with Crippen LogP contribution in [0, 0.1) is 5.92 Å². The van der Waals surface area contributed by atoms with Gasteiger partial charge in [-0.3, -0.25) is 9.59 Å². The third kappa shape index (κ3) is 6.85. The first-order valence-corrected chi connectivity index (χ1v) is 10.6. The van der Waals surface area contributed by atoms with Crippen molar-refractivity contribution in [2.45, 2.75) is 33.2 Å². The van der Waals surface area contributed by atoms with Crippen molar-refractivity contribution in [3.05, 3.63) is 70.8 Å². The molecule has 2 amide bonds. The molecule has 0 bridgehead atoms. The number of aromatic hydroxyl groups is 1. The average Bonchev–Trinajstić information content (AvgIpc) is 2.75. The molecule has 2 aromatic rings. The van der Waals surface area contributed by atoms with Gasteiger partial charge in [0.25, 0.3) is 11.8 Å². The monoisotopic (exact) mass is 457 g/mol. The molecule has 0 saturated heterocycles. The highest BCUT2D eigenvalue weighted by molar-refractivity contribution is 6.30. The summed E-state index contributed by atoms with van der Waals surface area (Å²) in [6.45, 7) is 9.55. The fraction of sp³-hybridized carbons (Fsp3) is 0.292. The maximum absolute atomic E-state index is 12.7. The first-order chi connectivity index (χ1) is 15.3. The van der Waals surface area contributed by atoms with Gasteiger partial charge in [0, 0.05) is 16.1 Å². The fourth-order valence-electron chi connectivity index (χ4n) is 2.94. The van der Waals surface area contributed by atoms with Crippen LogP contribution in [0.4, 0.5) is 0 Å². The minimum absolute atomic E-state index is 0.0534. The summed E-state index contributed by atoms with van der Waals surface area (Å²) in [6.07, 6.45) is 3.57. The maximum Gasteiger partial charge on any atom is 0.262 e. The van der Waals surface area contributed by atoms with Crippen molar-refractivity contribution in [2.24, 2.45) is 11.0 Å². The molecule has 2 aromatic carbocycles. The Balaban J connectivity index is 2.11. The number of ether oxygens (including phenoxy) is 1. The standard InChI is InChI=1S/C24H28ClN3O4/c1-5-7-18-12-16(13-20(22(18)29)32-6-2)14-26-28-24(31)21(15(3)4)27-23(30)17-8-10-19(25)11-9-17/h5,8-15,21,29H,1,6-7H2,2-4H3,(H,27,30)(H,28,31). The molecule has 0 fully saturated rings. The predicted molar refractivity (Wildman–Crippen MR) is 126 cm³/mol. The van der Waals surface area contributed by atoms with Gasteiger partial charge in [0.1, 0.15) is 6.04 Å². The van der Waals surface area contributed by atoms with E-state index in [0.29, 0.717) is 40.5 Å². The van der Waals surface area contributed by atoms with Gasteiger partial charge < -0.3 is 15.2 Å². The Labute approximate surface area is 193 Å². The molecule has 1 atom stereocenters. The highest BCUT2D eigenvalue weighted by Gasteiger charge is 2.24. The molecule has 32 heavy (non-hydrogen) atoms. The van der Waals surface area contributed by atoms with E-state index in [0.717, 1.165) is 0 Å². The lowest BCUT2D eigenvalue weighted by Gasteiger charge is -2.20. The van der Waals surface area contributed by atoms with Crippen molar-refractivity contribution in [3.63, 3.8) is 0 Å². The molecule has 8 heteroatoms. The van der Waals surface area contributed by atoms with Crippen molar-refractivity contribution in [3.8, 4) is 11.5 Å². The second-order valence-corrected chi connectivity index (χ2v) is 7.83. The van der Waals surface area contributed by atoms with Crippen molar-refractivity contribution in [2.75, 3.05) is 6.61 Å². The Hall–Kier alpha value is -3.32. The number of hydrogen-bond acceptors (Lipinski definition) is 5. The zero-order valence-electron chi connectivity index (χ0n) is 18.4. The summed E-state index contributed by atoms with van der Waals surface area (Å²) in [4.78, 5) is 25.1. The zero-order valence-corrected chi connectivity index (χ0v) is 19.1. The maximum atomic E-state index is 12.7. The van der Waals surface area contributed by atoms with Gasteiger partial charge in [-0.2, -0.15) is 5.10 Å². The Morgan fingerprint density at radius 2 is 1.94 bits per heavy atom. The number of carbonyl (C=O) groups is 2. The quantitative estimate of drug-likeness (QED) is 0.284. The van der Waals surface area contributed by atoms with E-state index in [-0.39, 0.29) is 17.6 Å². The normalized spacial score (nSPS) is 11.9. The van der Waals surface area contributed by atoms with Gasteiger partial charge in [0.05, 0.1) is 12.8 Å². The number of amides is 2. The molecule has 7 nitrogen and oxygen atoms in total. The number of allylic oxidation sites excluding steroid dienone is 1. The summed E-state index contributed by atoms with van der Waals surface area (Å²) in [5.74, 6) is -0.617. The number of carbonyl (C=O) groups excluding carboxylic acids is 2. The largest absolute Gasteiger partial charge is 0.504 e. The van der Waals surface area contributed by atoms with Gasteiger partial charge in [0.2, 0.25) is 0 Å². The Morgan fingerprint density at radius 3 is 2.53 bits per heavy atom. The van der Waals surface area contributed by atoms with Crippen molar-refractivity contribution in [1.82, 2.24) is 10.7 Å². The van der Waals surface area contributed by atoms with Crippen molar-refractivity contribution in [1.29, 1.82) is 0 Å². The summed E-state index contributed by atoms with van der Waals surface area (Å²) >= 11 is 5.86. The summed E-state index contributed by atoms with van der Waals surface area (Å²) in [5.41, 5.74) is 4.14. The van der Waals surface area contributed by atoms with E-state index in [1.807, 2.05) is 20.8 Å². The molecule has 3 N–H and O–H groups in total. The van der Waals surface area contributed by atoms with E-state index < -0.39 is 11.9 Å². The Bertz CT molecular complexity index is 987. The highest BCUT2D eigenvalue weighted by Crippen LogP contribution is 2.31. The molecule has 2 rings (SSSR count). The average molecular weight is 458 g/mol. The fourth-order valence-corrected chi connectivity index (χ4v) is 3.07. The van der Waals surface area contributed by atoms with Gasteiger partial charge in [-0.05, 0) is 61.2 Å². The molecule has 0 saturated carbocycles. The van der Waals surface area contributed by atoms with Crippen LogP contribution in [0.1, 0.15) is 42.3 Å². The molecule has 0 aliphatic carbocycles. The van der Waals surface area contributed by atoms with Crippen LogP contribution in [-0.2, 0) is 11.2 Å². The SMILES string of the molecule is C=CCc1cc(C=NNC(=O)C(NC(=O)c2ccc(Cl)cc2)C(C)C)cc(OCC)c1O. The molecular weight excluding hydrogens is 430 g/mol. The summed E-state index contributed by atoms with van der Waals surface area (Å²) in [7, 11) is 0. The van der Waals surface area contributed by atoms with Gasteiger partial charge >= 0.3 is 0 Å². The van der Waals surface area contributed by atoms with Crippen LogP contribution >= 0.6 is 11.6 Å². The van der Waals surface area contributed by atoms with Crippen molar-refractivity contribution >= 4 is 29.6 Å². The van der Waals surface area contributed by atoms with Crippen molar-refractivity contribution < 1.29 is 19.4 Å². The van der Waals surface area contributed by atoms with Gasteiger partial charge in [-0.25, -0.2) is 5.43 Å². The van der Waals surface area contributed by atoms with Crippen LogP contribution < -0.4 is 15.5 Å². The van der Waals surface area contributed by atoms with Gasteiger partial charge in [0.15, 0.2) is 11.5 Å². The van der Waals surface area contributed by atoms with E-state index in [4.69, 9.17) is 16.3 Å². The molecule has 0 heterocycles. The molecule has 1 unspecified atom stereocenters. The van der Waals surface area contributed by atoms with Crippen LogP contribution in [-0.4, -0.2) is 35.8 Å². The Morgan fingerprint density at radius 1 is 1.25 bits per heavy atom. The van der Waals surface area contributed by atoms with Crippen LogP contribution in [0.2, 0.25) is 5.02 Å². The van der Waals surface area contributed by atoms with Gasteiger partial charge in [-0.1, -0.05) is 31.5 Å². The van der Waals surface area contributed by atoms with Crippen LogP contribution in [0.15, 0.2) is 54.2 Å². The predicted octanol–water partition coefficient (Wildman–Crippen LogP) is 4.08. The van der Waals surface area contributed by atoms with E-state index in [2.05, 4.69) is 22.4 Å². The number of nitrogens with zero attached hydrogens (tertiary/aromatic N) is 1. The lowest BCUT2D eigenvalue weighted by Crippen LogP contribution is -2.48. The number of rotatable bonds is 10. The van der Waals surface area contributed by atoms with E-state index in [1.165, 1.54) is 6.21 Å². The third-order valence-electron chi connectivity index (χ3n) is 4.57. The topological polar surface area (TPSA) is 100 Å². The highest BCUT2D eigenvalue weighted by atomic mass is 35.5. The smallest absolute Gasteiger partial charge is 0.262 e. The van der Waals surface area contributed by atoms with E-state index in [9.17, 15) is 14.7 Å². The number of hydrazone groups is 1. The molecule has 170 valence electrons. The first kappa shape index (κ1) is 24.9. The molecule has 0 spiro atoms. The lowest BCUT2D eigenvalue weighted by molar-refractivity contribution is -0.123. The molecule has 0 radical (unpaired) electrons. The number of halogens is 1. The lowest BCUT2D eigenvalue weighted by atomic mass is 10.0. The number of nitrogens with one attached hydrogen (secondary N) is 2. The van der Waals surface area contributed by atoms with Crippen LogP contribution in [0.5, 0.6) is 11.5 Å². The summed E-state index contributed by atoms with van der Waals surface area (Å²) in [6, 6.07) is 8.98. The first-order valence-electron chi connectivity index (χ1n) is 10.3. The Kier molecular flexibility index (Phi) is 9.28. The summed E-state index contributed by atoms with van der Waals surface area (Å²) < 4.78 is 5.47. The molecule has 0 aromatic heterocycles. The second-order valence-electron chi connectivity index (χ2n) is 7.39. The minimum atomic E-state index is -0.787. The number of hydrogen-bond donors (Lipinski definition) is 3. The molecule has 0 aliphatic heterocycles. The second kappa shape index (κ2) is 11.9. The molecular formula is C24H28ClN3O4. The van der Waals surface area contributed by atoms with Gasteiger partial charge in [-0.15, -0.1) is 6.58 Å².